The quantitative estimate of drug-likeness (QED) is 0.705. The molecule has 0 aromatic carbocycles. The number of hydrogen-bond acceptors (Lipinski definition) is 3. The number of ether oxygens (including phenoxy) is 1. The first kappa shape index (κ1) is 13.9. The highest BCUT2D eigenvalue weighted by Crippen LogP contribution is 2.34. The number of rotatable bonds is 6. The summed E-state index contributed by atoms with van der Waals surface area (Å²) in [6.45, 7) is 4.95. The molecule has 0 aliphatic heterocycles. The molecule has 1 saturated carbocycles. The summed E-state index contributed by atoms with van der Waals surface area (Å²) in [5, 5.41) is 0. The molecule has 1 aliphatic rings. The molecule has 96 valence electrons. The van der Waals surface area contributed by atoms with E-state index in [-0.39, 0.29) is 5.60 Å². The maximum Gasteiger partial charge on any atom is 0.0804 e. The van der Waals surface area contributed by atoms with E-state index in [1.807, 2.05) is 0 Å². The Hall–Kier alpha value is -0.120. The van der Waals surface area contributed by atoms with Crippen molar-refractivity contribution in [3.05, 3.63) is 0 Å². The molecule has 1 aliphatic carbocycles. The van der Waals surface area contributed by atoms with Crippen LogP contribution in [0.2, 0.25) is 0 Å². The Bertz CT molecular complexity index is 186. The number of nitrogens with zero attached hydrogens (tertiary/aromatic N) is 1. The van der Waals surface area contributed by atoms with Gasteiger partial charge in [0.2, 0.25) is 0 Å². The number of hydrogen-bond donors (Lipinski definition) is 1. The van der Waals surface area contributed by atoms with Crippen LogP contribution in [0.15, 0.2) is 0 Å². The van der Waals surface area contributed by atoms with Gasteiger partial charge in [0, 0.05) is 13.2 Å². The van der Waals surface area contributed by atoms with E-state index in [4.69, 9.17) is 10.5 Å². The van der Waals surface area contributed by atoms with Gasteiger partial charge in [0.1, 0.15) is 0 Å². The van der Waals surface area contributed by atoms with Crippen molar-refractivity contribution >= 4 is 0 Å². The molecule has 0 atom stereocenters. The average Bonchev–Trinajstić information content (AvgIpc) is 2.27. The van der Waals surface area contributed by atoms with Gasteiger partial charge in [0.25, 0.3) is 0 Å². The van der Waals surface area contributed by atoms with Gasteiger partial charge in [0.05, 0.1) is 5.60 Å². The Morgan fingerprint density at radius 2 is 1.94 bits per heavy atom. The Morgan fingerprint density at radius 1 is 1.31 bits per heavy atom. The largest absolute Gasteiger partial charge is 0.374 e. The highest BCUT2D eigenvalue weighted by Gasteiger charge is 2.33. The van der Waals surface area contributed by atoms with Crippen LogP contribution in [0.25, 0.3) is 0 Å². The zero-order chi connectivity index (χ0) is 12.0. The van der Waals surface area contributed by atoms with E-state index in [0.29, 0.717) is 6.54 Å². The summed E-state index contributed by atoms with van der Waals surface area (Å²) in [7, 11) is 4.20. The van der Waals surface area contributed by atoms with Gasteiger partial charge in [-0.1, -0.05) is 6.92 Å². The summed E-state index contributed by atoms with van der Waals surface area (Å²) < 4.78 is 6.07. The zero-order valence-electron chi connectivity index (χ0n) is 11.2. The predicted octanol–water partition coefficient (Wildman–Crippen LogP) is 1.86. The fraction of sp³-hybridized carbons (Fsp3) is 1.00. The molecular formula is C13H28N2O. The molecule has 2 N–H and O–H groups in total. The third-order valence-corrected chi connectivity index (χ3v) is 3.72. The van der Waals surface area contributed by atoms with E-state index in [0.717, 1.165) is 38.3 Å². The lowest BCUT2D eigenvalue weighted by molar-refractivity contribution is -0.0716. The maximum atomic E-state index is 6.07. The van der Waals surface area contributed by atoms with Crippen LogP contribution in [-0.2, 0) is 4.74 Å². The second-order valence-electron chi connectivity index (χ2n) is 5.57. The molecule has 0 bridgehead atoms. The molecular weight excluding hydrogens is 200 g/mol. The molecule has 0 spiro atoms. The van der Waals surface area contributed by atoms with Crippen molar-refractivity contribution in [3.63, 3.8) is 0 Å². The molecule has 0 aromatic heterocycles. The molecule has 3 heteroatoms. The third kappa shape index (κ3) is 4.40. The minimum absolute atomic E-state index is 0.00117. The lowest BCUT2D eigenvalue weighted by Gasteiger charge is -2.38. The van der Waals surface area contributed by atoms with E-state index < -0.39 is 0 Å². The lowest BCUT2D eigenvalue weighted by Crippen LogP contribution is -2.44. The fourth-order valence-corrected chi connectivity index (χ4v) is 2.37. The van der Waals surface area contributed by atoms with Gasteiger partial charge in [-0.3, -0.25) is 0 Å². The summed E-state index contributed by atoms with van der Waals surface area (Å²) in [6.07, 6.45) is 5.93. The van der Waals surface area contributed by atoms with Crippen LogP contribution in [0, 0.1) is 5.92 Å². The van der Waals surface area contributed by atoms with Gasteiger partial charge in [-0.25, -0.2) is 0 Å². The first-order valence-corrected chi connectivity index (χ1v) is 6.57. The SMILES string of the molecule is CC1CCC(CN)(OCCCN(C)C)CC1. The van der Waals surface area contributed by atoms with Crippen molar-refractivity contribution in [3.8, 4) is 0 Å². The van der Waals surface area contributed by atoms with Crippen LogP contribution in [-0.4, -0.2) is 44.3 Å². The molecule has 0 aromatic rings. The van der Waals surface area contributed by atoms with Crippen LogP contribution in [0.5, 0.6) is 0 Å². The lowest BCUT2D eigenvalue weighted by atomic mass is 9.79. The van der Waals surface area contributed by atoms with Crippen molar-refractivity contribution in [2.75, 3.05) is 33.8 Å². The predicted molar refractivity (Wildman–Crippen MR) is 68.5 cm³/mol. The van der Waals surface area contributed by atoms with E-state index in [1.165, 1.54) is 12.8 Å². The van der Waals surface area contributed by atoms with Gasteiger partial charge in [-0.05, 0) is 58.7 Å². The molecule has 1 rings (SSSR count). The first-order valence-electron chi connectivity index (χ1n) is 6.57. The van der Waals surface area contributed by atoms with Crippen LogP contribution < -0.4 is 5.73 Å². The van der Waals surface area contributed by atoms with Crippen molar-refractivity contribution in [2.45, 2.75) is 44.6 Å². The maximum absolute atomic E-state index is 6.07. The van der Waals surface area contributed by atoms with E-state index in [1.54, 1.807) is 0 Å². The monoisotopic (exact) mass is 228 g/mol. The van der Waals surface area contributed by atoms with Gasteiger partial charge >= 0.3 is 0 Å². The minimum atomic E-state index is -0.00117. The van der Waals surface area contributed by atoms with Crippen molar-refractivity contribution in [1.29, 1.82) is 0 Å². The van der Waals surface area contributed by atoms with Gasteiger partial charge in [0.15, 0.2) is 0 Å². The first-order chi connectivity index (χ1) is 7.58. The minimum Gasteiger partial charge on any atom is -0.374 e. The van der Waals surface area contributed by atoms with E-state index >= 15 is 0 Å². The summed E-state index contributed by atoms with van der Waals surface area (Å²) in [4.78, 5) is 2.20. The normalized spacial score (nSPS) is 30.9. The van der Waals surface area contributed by atoms with Crippen molar-refractivity contribution in [2.24, 2.45) is 11.7 Å². The van der Waals surface area contributed by atoms with Gasteiger partial charge in [-0.2, -0.15) is 0 Å². The second-order valence-corrected chi connectivity index (χ2v) is 5.57. The van der Waals surface area contributed by atoms with Crippen LogP contribution >= 0.6 is 0 Å². The fourth-order valence-electron chi connectivity index (χ4n) is 2.37. The molecule has 0 unspecified atom stereocenters. The highest BCUT2D eigenvalue weighted by atomic mass is 16.5. The molecule has 0 heterocycles. The molecule has 3 nitrogen and oxygen atoms in total. The molecule has 1 fully saturated rings. The summed E-state index contributed by atoms with van der Waals surface area (Å²) >= 11 is 0. The summed E-state index contributed by atoms with van der Waals surface area (Å²) in [6, 6.07) is 0. The van der Waals surface area contributed by atoms with Gasteiger partial charge < -0.3 is 15.4 Å². The smallest absolute Gasteiger partial charge is 0.0804 e. The Balaban J connectivity index is 2.25. The molecule has 0 saturated heterocycles. The van der Waals surface area contributed by atoms with Crippen molar-refractivity contribution in [1.82, 2.24) is 4.90 Å². The van der Waals surface area contributed by atoms with Gasteiger partial charge in [-0.15, -0.1) is 0 Å². The number of nitrogens with two attached hydrogens (primary N) is 1. The van der Waals surface area contributed by atoms with Crippen molar-refractivity contribution < 1.29 is 4.74 Å². The Kier molecular flexibility index (Phi) is 5.73. The zero-order valence-corrected chi connectivity index (χ0v) is 11.2. The van der Waals surface area contributed by atoms with Crippen LogP contribution in [0.3, 0.4) is 0 Å². The second kappa shape index (κ2) is 6.58. The standard InChI is InChI=1S/C13H28N2O/c1-12-5-7-13(11-14,8-6-12)16-10-4-9-15(2)3/h12H,4-11,14H2,1-3H3. The van der Waals surface area contributed by atoms with E-state index in [2.05, 4.69) is 25.9 Å². The topological polar surface area (TPSA) is 38.5 Å². The van der Waals surface area contributed by atoms with E-state index in [9.17, 15) is 0 Å². The average molecular weight is 228 g/mol. The Labute approximate surface area is 100 Å². The molecule has 0 radical (unpaired) electrons. The summed E-state index contributed by atoms with van der Waals surface area (Å²) in [5.41, 5.74) is 5.89. The Morgan fingerprint density at radius 3 is 2.44 bits per heavy atom. The third-order valence-electron chi connectivity index (χ3n) is 3.72. The van der Waals surface area contributed by atoms with Crippen LogP contribution in [0.1, 0.15) is 39.0 Å². The highest BCUT2D eigenvalue weighted by molar-refractivity contribution is 4.87. The molecule has 0 amide bonds. The molecule has 16 heavy (non-hydrogen) atoms. The summed E-state index contributed by atoms with van der Waals surface area (Å²) in [5.74, 6) is 0.852. The van der Waals surface area contributed by atoms with Crippen LogP contribution in [0.4, 0.5) is 0 Å².